The standard InChI is InChI=1S/C16H16BrN3S/c1-9-4-5-11(6-10(9)2)14-15(19-20(3)16(14)18)12-7-13(17)21-8-12/h4-8H,18H2,1-3H3. The number of hydrogen-bond acceptors (Lipinski definition) is 3. The van der Waals surface area contributed by atoms with E-state index in [1.807, 2.05) is 7.05 Å². The summed E-state index contributed by atoms with van der Waals surface area (Å²) in [4.78, 5) is 0. The number of rotatable bonds is 2. The fraction of sp³-hybridized carbons (Fsp3) is 0.188. The molecule has 0 aliphatic rings. The number of aromatic nitrogens is 2. The van der Waals surface area contributed by atoms with Crippen molar-refractivity contribution in [3.8, 4) is 22.4 Å². The Balaban J connectivity index is 2.24. The Labute approximate surface area is 136 Å². The van der Waals surface area contributed by atoms with Gasteiger partial charge in [0, 0.05) is 18.0 Å². The van der Waals surface area contributed by atoms with E-state index in [1.165, 1.54) is 11.1 Å². The molecule has 0 unspecified atom stereocenters. The zero-order valence-corrected chi connectivity index (χ0v) is 14.5. The number of nitrogens with two attached hydrogens (primary N) is 1. The second kappa shape index (κ2) is 5.31. The molecule has 5 heteroatoms. The van der Waals surface area contributed by atoms with Gasteiger partial charge < -0.3 is 5.73 Å². The van der Waals surface area contributed by atoms with Crippen molar-refractivity contribution >= 4 is 33.1 Å². The summed E-state index contributed by atoms with van der Waals surface area (Å²) in [5.74, 6) is 0.690. The predicted octanol–water partition coefficient (Wildman–Crippen LogP) is 4.78. The van der Waals surface area contributed by atoms with Crippen molar-refractivity contribution in [2.24, 2.45) is 7.05 Å². The quantitative estimate of drug-likeness (QED) is 0.713. The molecule has 3 rings (SSSR count). The smallest absolute Gasteiger partial charge is 0.129 e. The van der Waals surface area contributed by atoms with Crippen LogP contribution in [0.3, 0.4) is 0 Å². The average molecular weight is 362 g/mol. The van der Waals surface area contributed by atoms with Crippen LogP contribution in [0.1, 0.15) is 11.1 Å². The minimum atomic E-state index is 0.690. The molecule has 0 amide bonds. The van der Waals surface area contributed by atoms with Crippen molar-refractivity contribution in [3.05, 3.63) is 44.6 Å². The van der Waals surface area contributed by atoms with Crippen LogP contribution < -0.4 is 5.73 Å². The SMILES string of the molecule is Cc1ccc(-c2c(-c3csc(Br)c3)nn(C)c2N)cc1C. The largest absolute Gasteiger partial charge is 0.383 e. The van der Waals surface area contributed by atoms with E-state index in [-0.39, 0.29) is 0 Å². The third kappa shape index (κ3) is 2.51. The van der Waals surface area contributed by atoms with Crippen LogP contribution in [0, 0.1) is 13.8 Å². The highest BCUT2D eigenvalue weighted by Crippen LogP contribution is 2.38. The van der Waals surface area contributed by atoms with Crippen LogP contribution in [0.4, 0.5) is 5.82 Å². The van der Waals surface area contributed by atoms with Crippen LogP contribution in [0.2, 0.25) is 0 Å². The van der Waals surface area contributed by atoms with Gasteiger partial charge in [-0.2, -0.15) is 5.10 Å². The van der Waals surface area contributed by atoms with Crippen molar-refractivity contribution in [2.45, 2.75) is 13.8 Å². The van der Waals surface area contributed by atoms with E-state index in [2.05, 4.69) is 64.5 Å². The molecule has 0 spiro atoms. The normalized spacial score (nSPS) is 11.0. The van der Waals surface area contributed by atoms with Crippen LogP contribution in [0.25, 0.3) is 22.4 Å². The van der Waals surface area contributed by atoms with Crippen molar-refractivity contribution in [1.82, 2.24) is 9.78 Å². The fourth-order valence-corrected chi connectivity index (χ4v) is 3.50. The molecule has 0 fully saturated rings. The van der Waals surface area contributed by atoms with E-state index in [9.17, 15) is 0 Å². The first kappa shape index (κ1) is 14.4. The number of halogens is 1. The third-order valence-corrected chi connectivity index (χ3v) is 5.23. The summed E-state index contributed by atoms with van der Waals surface area (Å²) in [6, 6.07) is 8.50. The molecule has 0 saturated carbocycles. The number of thiophene rings is 1. The van der Waals surface area contributed by atoms with Gasteiger partial charge in [-0.1, -0.05) is 18.2 Å². The summed E-state index contributed by atoms with van der Waals surface area (Å²) in [5.41, 5.74) is 12.9. The molecule has 0 saturated heterocycles. The highest BCUT2D eigenvalue weighted by molar-refractivity contribution is 9.11. The lowest BCUT2D eigenvalue weighted by molar-refractivity contribution is 0.782. The number of hydrogen-bond donors (Lipinski definition) is 1. The van der Waals surface area contributed by atoms with Crippen LogP contribution in [0.15, 0.2) is 33.4 Å². The molecule has 21 heavy (non-hydrogen) atoms. The Kier molecular flexibility index (Phi) is 3.63. The van der Waals surface area contributed by atoms with E-state index >= 15 is 0 Å². The lowest BCUT2D eigenvalue weighted by atomic mass is 9.98. The molecule has 108 valence electrons. The van der Waals surface area contributed by atoms with Gasteiger partial charge in [-0.3, -0.25) is 4.68 Å². The predicted molar refractivity (Wildman–Crippen MR) is 93.5 cm³/mol. The van der Waals surface area contributed by atoms with Crippen LogP contribution in [0.5, 0.6) is 0 Å². The summed E-state index contributed by atoms with van der Waals surface area (Å²) in [6.45, 7) is 4.23. The van der Waals surface area contributed by atoms with E-state index in [1.54, 1.807) is 16.0 Å². The minimum absolute atomic E-state index is 0.690. The van der Waals surface area contributed by atoms with Gasteiger partial charge in [0.25, 0.3) is 0 Å². The molecular formula is C16H16BrN3S. The number of nitrogens with zero attached hydrogens (tertiary/aromatic N) is 2. The number of anilines is 1. The van der Waals surface area contributed by atoms with Crippen LogP contribution in [-0.2, 0) is 7.05 Å². The zero-order valence-electron chi connectivity index (χ0n) is 12.1. The summed E-state index contributed by atoms with van der Waals surface area (Å²) < 4.78 is 2.83. The summed E-state index contributed by atoms with van der Waals surface area (Å²) in [6.07, 6.45) is 0. The number of benzene rings is 1. The fourth-order valence-electron chi connectivity index (χ4n) is 2.35. The Hall–Kier alpha value is -1.59. The van der Waals surface area contributed by atoms with Crippen LogP contribution >= 0.6 is 27.3 Å². The molecule has 0 bridgehead atoms. The Bertz CT molecular complexity index is 817. The average Bonchev–Trinajstić information content (AvgIpc) is 2.99. The second-order valence-electron chi connectivity index (χ2n) is 5.17. The summed E-state index contributed by atoms with van der Waals surface area (Å²) in [7, 11) is 1.88. The maximum atomic E-state index is 6.26. The zero-order chi connectivity index (χ0) is 15.1. The van der Waals surface area contributed by atoms with Crippen molar-refractivity contribution in [2.75, 3.05) is 5.73 Å². The molecule has 3 aromatic rings. The first-order valence-corrected chi connectivity index (χ1v) is 8.29. The Morgan fingerprint density at radius 3 is 2.52 bits per heavy atom. The van der Waals surface area contributed by atoms with Gasteiger partial charge in [0.1, 0.15) is 11.5 Å². The molecule has 2 aromatic heterocycles. The third-order valence-electron chi connectivity index (χ3n) is 3.73. The Morgan fingerprint density at radius 1 is 1.14 bits per heavy atom. The van der Waals surface area contributed by atoms with Gasteiger partial charge in [-0.05, 0) is 52.5 Å². The summed E-state index contributed by atoms with van der Waals surface area (Å²) in [5, 5.41) is 6.69. The minimum Gasteiger partial charge on any atom is -0.383 e. The van der Waals surface area contributed by atoms with Gasteiger partial charge in [-0.15, -0.1) is 11.3 Å². The molecule has 0 radical (unpaired) electrons. The Morgan fingerprint density at radius 2 is 1.90 bits per heavy atom. The summed E-state index contributed by atoms with van der Waals surface area (Å²) >= 11 is 5.16. The molecule has 3 nitrogen and oxygen atoms in total. The molecule has 0 atom stereocenters. The van der Waals surface area contributed by atoms with Crippen LogP contribution in [-0.4, -0.2) is 9.78 Å². The van der Waals surface area contributed by atoms with Crippen molar-refractivity contribution in [3.63, 3.8) is 0 Å². The molecule has 0 aliphatic heterocycles. The monoisotopic (exact) mass is 361 g/mol. The first-order valence-electron chi connectivity index (χ1n) is 6.62. The van der Waals surface area contributed by atoms with E-state index in [0.717, 1.165) is 26.2 Å². The van der Waals surface area contributed by atoms with Gasteiger partial charge in [0.2, 0.25) is 0 Å². The first-order chi connectivity index (χ1) is 9.97. The van der Waals surface area contributed by atoms with Crippen molar-refractivity contribution in [1.29, 1.82) is 0 Å². The highest BCUT2D eigenvalue weighted by Gasteiger charge is 2.18. The van der Waals surface area contributed by atoms with E-state index in [4.69, 9.17) is 5.73 Å². The lowest BCUT2D eigenvalue weighted by Crippen LogP contribution is -1.98. The van der Waals surface area contributed by atoms with E-state index in [0.29, 0.717) is 5.82 Å². The number of nitrogen functional groups attached to an aromatic ring is 1. The lowest BCUT2D eigenvalue weighted by Gasteiger charge is -2.06. The molecular weight excluding hydrogens is 346 g/mol. The highest BCUT2D eigenvalue weighted by atomic mass is 79.9. The van der Waals surface area contributed by atoms with Gasteiger partial charge in [-0.25, -0.2) is 0 Å². The maximum Gasteiger partial charge on any atom is 0.129 e. The number of aryl methyl sites for hydroxylation is 3. The topological polar surface area (TPSA) is 43.8 Å². The van der Waals surface area contributed by atoms with Gasteiger partial charge >= 0.3 is 0 Å². The maximum absolute atomic E-state index is 6.26. The van der Waals surface area contributed by atoms with E-state index < -0.39 is 0 Å². The molecule has 2 N–H and O–H groups in total. The molecule has 2 heterocycles. The van der Waals surface area contributed by atoms with Gasteiger partial charge in [0.15, 0.2) is 0 Å². The van der Waals surface area contributed by atoms with Crippen molar-refractivity contribution < 1.29 is 0 Å². The molecule has 0 aliphatic carbocycles. The second-order valence-corrected chi connectivity index (χ2v) is 7.46. The van der Waals surface area contributed by atoms with Gasteiger partial charge in [0.05, 0.1) is 9.35 Å². The molecule has 1 aromatic carbocycles.